The zero-order chi connectivity index (χ0) is 18.0. The standard InChI is InChI=1S/C15H21NO7S/c1-24(21,22)23-12-8-15(20,7-11(17)13(12)18)14(19)16-9-10-5-3-2-4-6-10/h2-6,11-13,17-18,20H,7-9H2,1H3,(H,16,19)/t11-,12?,13-,15+/m1/s1. The minimum atomic E-state index is -3.93. The Bertz CT molecular complexity index is 678. The predicted molar refractivity (Wildman–Crippen MR) is 84.2 cm³/mol. The fourth-order valence-corrected chi connectivity index (χ4v) is 3.33. The summed E-state index contributed by atoms with van der Waals surface area (Å²) in [6.45, 7) is 0.165. The average molecular weight is 359 g/mol. The average Bonchev–Trinajstić information content (AvgIpc) is 2.49. The van der Waals surface area contributed by atoms with Gasteiger partial charge < -0.3 is 20.6 Å². The van der Waals surface area contributed by atoms with Gasteiger partial charge in [-0.25, -0.2) is 0 Å². The largest absolute Gasteiger partial charge is 0.390 e. The van der Waals surface area contributed by atoms with E-state index in [0.29, 0.717) is 0 Å². The Morgan fingerprint density at radius 3 is 2.50 bits per heavy atom. The summed E-state index contributed by atoms with van der Waals surface area (Å²) in [7, 11) is -3.93. The van der Waals surface area contributed by atoms with Crippen LogP contribution in [0.5, 0.6) is 0 Å². The van der Waals surface area contributed by atoms with Crippen LogP contribution in [0, 0.1) is 0 Å². The van der Waals surface area contributed by atoms with E-state index < -0.39 is 52.8 Å². The fraction of sp³-hybridized carbons (Fsp3) is 0.533. The molecule has 1 aromatic rings. The molecule has 9 heteroatoms. The van der Waals surface area contributed by atoms with E-state index in [1.54, 1.807) is 24.3 Å². The second-order valence-corrected chi connectivity index (χ2v) is 7.61. The first kappa shape index (κ1) is 18.8. The van der Waals surface area contributed by atoms with Crippen LogP contribution in [-0.2, 0) is 25.6 Å². The highest BCUT2D eigenvalue weighted by Crippen LogP contribution is 2.32. The third kappa shape index (κ3) is 4.74. The van der Waals surface area contributed by atoms with Gasteiger partial charge in [0.05, 0.1) is 12.4 Å². The molecular weight excluding hydrogens is 338 g/mol. The lowest BCUT2D eigenvalue weighted by Crippen LogP contribution is -2.59. The van der Waals surface area contributed by atoms with Crippen LogP contribution >= 0.6 is 0 Å². The molecule has 1 saturated carbocycles. The maximum absolute atomic E-state index is 12.3. The van der Waals surface area contributed by atoms with E-state index in [-0.39, 0.29) is 6.54 Å². The molecule has 0 spiro atoms. The fourth-order valence-electron chi connectivity index (χ4n) is 2.69. The Morgan fingerprint density at radius 2 is 1.92 bits per heavy atom. The lowest BCUT2D eigenvalue weighted by atomic mass is 9.79. The monoisotopic (exact) mass is 359 g/mol. The molecule has 8 nitrogen and oxygen atoms in total. The van der Waals surface area contributed by atoms with Gasteiger partial charge in [-0.2, -0.15) is 8.42 Å². The molecule has 0 bridgehead atoms. The molecule has 0 aromatic heterocycles. The first-order valence-electron chi connectivity index (χ1n) is 7.40. The first-order chi connectivity index (χ1) is 11.1. The van der Waals surface area contributed by atoms with Crippen molar-refractivity contribution >= 4 is 16.0 Å². The van der Waals surface area contributed by atoms with Gasteiger partial charge in [0.15, 0.2) is 0 Å². The van der Waals surface area contributed by atoms with Gasteiger partial charge in [0.2, 0.25) is 0 Å². The van der Waals surface area contributed by atoms with Crippen molar-refractivity contribution in [3.63, 3.8) is 0 Å². The number of nitrogens with one attached hydrogen (secondary N) is 1. The van der Waals surface area contributed by atoms with E-state index in [2.05, 4.69) is 5.32 Å². The van der Waals surface area contributed by atoms with E-state index >= 15 is 0 Å². The van der Waals surface area contributed by atoms with E-state index in [9.17, 15) is 28.5 Å². The lowest BCUT2D eigenvalue weighted by Gasteiger charge is -2.40. The Labute approximate surface area is 140 Å². The molecule has 1 aromatic carbocycles. The number of hydrogen-bond acceptors (Lipinski definition) is 7. The summed E-state index contributed by atoms with van der Waals surface area (Å²) in [5.74, 6) is -0.764. The molecular formula is C15H21NO7S. The van der Waals surface area contributed by atoms with E-state index in [1.807, 2.05) is 6.07 Å². The Balaban J connectivity index is 2.07. The topological polar surface area (TPSA) is 133 Å². The highest BCUT2D eigenvalue weighted by Gasteiger charge is 2.50. The highest BCUT2D eigenvalue weighted by atomic mass is 32.2. The normalized spacial score (nSPS) is 30.8. The van der Waals surface area contributed by atoms with Crippen molar-refractivity contribution in [3.8, 4) is 0 Å². The van der Waals surface area contributed by atoms with Gasteiger partial charge in [0.25, 0.3) is 16.0 Å². The Kier molecular flexibility index (Phi) is 5.61. The van der Waals surface area contributed by atoms with Gasteiger partial charge in [0, 0.05) is 19.4 Å². The van der Waals surface area contributed by atoms with Crippen molar-refractivity contribution in [2.24, 2.45) is 0 Å². The third-order valence-corrected chi connectivity index (χ3v) is 4.47. The highest BCUT2D eigenvalue weighted by molar-refractivity contribution is 7.86. The zero-order valence-corrected chi connectivity index (χ0v) is 13.9. The molecule has 0 radical (unpaired) electrons. The number of benzene rings is 1. The van der Waals surface area contributed by atoms with Crippen molar-refractivity contribution in [2.75, 3.05) is 6.26 Å². The summed E-state index contributed by atoms with van der Waals surface area (Å²) in [5, 5.41) is 32.7. The van der Waals surface area contributed by atoms with E-state index in [4.69, 9.17) is 4.18 Å². The minimum absolute atomic E-state index is 0.165. The second kappa shape index (κ2) is 7.16. The molecule has 4 N–H and O–H groups in total. The molecule has 1 unspecified atom stereocenters. The maximum atomic E-state index is 12.3. The molecule has 1 fully saturated rings. The van der Waals surface area contributed by atoms with Crippen LogP contribution in [0.25, 0.3) is 0 Å². The van der Waals surface area contributed by atoms with Gasteiger partial charge in [0.1, 0.15) is 17.8 Å². The Morgan fingerprint density at radius 1 is 1.29 bits per heavy atom. The van der Waals surface area contributed by atoms with Crippen LogP contribution in [0.1, 0.15) is 18.4 Å². The predicted octanol–water partition coefficient (Wildman–Crippen LogP) is -1.11. The molecule has 4 atom stereocenters. The summed E-state index contributed by atoms with van der Waals surface area (Å²) in [6.07, 6.45) is -4.48. The van der Waals surface area contributed by atoms with Crippen molar-refractivity contribution in [1.82, 2.24) is 5.32 Å². The summed E-state index contributed by atoms with van der Waals surface area (Å²) in [6, 6.07) is 9.00. The van der Waals surface area contributed by atoms with Gasteiger partial charge >= 0.3 is 0 Å². The molecule has 24 heavy (non-hydrogen) atoms. The molecule has 2 rings (SSSR count). The summed E-state index contributed by atoms with van der Waals surface area (Å²) < 4.78 is 27.2. The van der Waals surface area contributed by atoms with Gasteiger partial charge in [-0.05, 0) is 5.56 Å². The van der Waals surface area contributed by atoms with Crippen molar-refractivity contribution in [3.05, 3.63) is 35.9 Å². The third-order valence-electron chi connectivity index (χ3n) is 3.88. The molecule has 0 heterocycles. The molecule has 0 aliphatic heterocycles. The number of carbonyl (C=O) groups excluding carboxylic acids is 1. The lowest BCUT2D eigenvalue weighted by molar-refractivity contribution is -0.169. The van der Waals surface area contributed by atoms with E-state index in [1.165, 1.54) is 0 Å². The number of hydrogen-bond donors (Lipinski definition) is 4. The van der Waals surface area contributed by atoms with Crippen molar-refractivity contribution < 1.29 is 32.7 Å². The molecule has 1 aliphatic carbocycles. The van der Waals surface area contributed by atoms with Crippen molar-refractivity contribution in [1.29, 1.82) is 0 Å². The van der Waals surface area contributed by atoms with Crippen molar-refractivity contribution in [2.45, 2.75) is 43.3 Å². The van der Waals surface area contributed by atoms with Crippen LogP contribution in [-0.4, -0.2) is 59.8 Å². The summed E-state index contributed by atoms with van der Waals surface area (Å²) >= 11 is 0. The number of amides is 1. The van der Waals surface area contributed by atoms with Crippen LogP contribution in [0.15, 0.2) is 30.3 Å². The zero-order valence-electron chi connectivity index (χ0n) is 13.1. The number of rotatable bonds is 5. The second-order valence-electron chi connectivity index (χ2n) is 6.00. The quantitative estimate of drug-likeness (QED) is 0.490. The maximum Gasteiger partial charge on any atom is 0.264 e. The number of carbonyl (C=O) groups is 1. The smallest absolute Gasteiger partial charge is 0.264 e. The van der Waals surface area contributed by atoms with E-state index in [0.717, 1.165) is 11.8 Å². The first-order valence-corrected chi connectivity index (χ1v) is 9.21. The summed E-state index contributed by atoms with van der Waals surface area (Å²) in [4.78, 5) is 12.3. The van der Waals surface area contributed by atoms with Gasteiger partial charge in [-0.3, -0.25) is 8.98 Å². The van der Waals surface area contributed by atoms with Crippen LogP contribution in [0.2, 0.25) is 0 Å². The minimum Gasteiger partial charge on any atom is -0.390 e. The molecule has 134 valence electrons. The van der Waals surface area contributed by atoms with Gasteiger partial charge in [-0.15, -0.1) is 0 Å². The number of aliphatic hydroxyl groups excluding tert-OH is 2. The van der Waals surface area contributed by atoms with Crippen LogP contribution in [0.4, 0.5) is 0 Å². The molecule has 1 amide bonds. The Hall–Kier alpha value is -1.52. The van der Waals surface area contributed by atoms with Crippen LogP contribution < -0.4 is 5.32 Å². The number of aliphatic hydroxyl groups is 3. The van der Waals surface area contributed by atoms with Gasteiger partial charge in [-0.1, -0.05) is 30.3 Å². The molecule has 1 aliphatic rings. The SMILES string of the molecule is CS(=O)(=O)OC1C[C@](O)(C(=O)NCc2ccccc2)C[C@@H](O)[C@H]1O. The van der Waals surface area contributed by atoms with Crippen LogP contribution in [0.3, 0.4) is 0 Å². The molecule has 0 saturated heterocycles. The summed E-state index contributed by atoms with van der Waals surface area (Å²) in [5.41, 5.74) is -1.22.